The predicted molar refractivity (Wildman–Crippen MR) is 93.5 cm³/mol. The number of carbonyl (C=O) groups excluding carboxylic acids is 1. The molecule has 1 aromatic rings. The Hall–Kier alpha value is -1.69. The summed E-state index contributed by atoms with van der Waals surface area (Å²) in [5.41, 5.74) is 0.0449. The molecule has 1 amide bonds. The first-order chi connectivity index (χ1) is 12.1. The summed E-state index contributed by atoms with van der Waals surface area (Å²) in [6.07, 6.45) is 8.93. The molecule has 1 N–H and O–H groups in total. The summed E-state index contributed by atoms with van der Waals surface area (Å²) in [5, 5.41) is 2.89. The first-order valence-corrected chi connectivity index (χ1v) is 9.71. The Morgan fingerprint density at radius 2 is 2.04 bits per heavy atom. The van der Waals surface area contributed by atoms with Crippen molar-refractivity contribution in [2.75, 3.05) is 26.2 Å². The summed E-state index contributed by atoms with van der Waals surface area (Å²) in [4.78, 5) is 31.5. The standard InChI is InChI=1S/C19H26N4O2/c24-17(20-8-13-1-2-13)15-10-23-12-19(7-16(23)21-18(15)25)5-6-22(11-19)9-14-3-4-14/h10,13-14H,1-9,11-12H2,(H,20,24)/t19-/m1/s1. The summed E-state index contributed by atoms with van der Waals surface area (Å²) in [5.74, 6) is 2.12. The second-order valence-corrected chi connectivity index (χ2v) is 8.76. The first kappa shape index (κ1) is 15.6. The fourth-order valence-electron chi connectivity index (χ4n) is 4.49. The van der Waals surface area contributed by atoms with E-state index < -0.39 is 0 Å². The zero-order chi connectivity index (χ0) is 17.0. The van der Waals surface area contributed by atoms with Crippen molar-refractivity contribution >= 4 is 5.91 Å². The van der Waals surface area contributed by atoms with Crippen LogP contribution in [0, 0.1) is 17.3 Å². The molecule has 0 bridgehead atoms. The summed E-state index contributed by atoms with van der Waals surface area (Å²) >= 11 is 0. The lowest BCUT2D eigenvalue weighted by atomic mass is 9.86. The minimum absolute atomic E-state index is 0.203. The minimum atomic E-state index is -0.371. The summed E-state index contributed by atoms with van der Waals surface area (Å²) in [6.45, 7) is 5.06. The zero-order valence-corrected chi connectivity index (χ0v) is 14.7. The maximum atomic E-state index is 12.3. The van der Waals surface area contributed by atoms with Gasteiger partial charge in [0, 0.05) is 44.2 Å². The highest BCUT2D eigenvalue weighted by Gasteiger charge is 2.44. The number of likely N-dealkylation sites (tertiary alicyclic amines) is 1. The molecule has 4 aliphatic rings. The minimum Gasteiger partial charge on any atom is -0.352 e. The topological polar surface area (TPSA) is 67.2 Å². The van der Waals surface area contributed by atoms with Crippen molar-refractivity contribution in [1.82, 2.24) is 19.8 Å². The average Bonchev–Trinajstić information content (AvgIpc) is 3.49. The van der Waals surface area contributed by atoms with E-state index >= 15 is 0 Å². The average molecular weight is 342 g/mol. The van der Waals surface area contributed by atoms with Gasteiger partial charge >= 0.3 is 0 Å². The number of fused-ring (bicyclic) bond motifs is 1. The van der Waals surface area contributed by atoms with Gasteiger partial charge in [-0.05, 0) is 50.5 Å². The lowest BCUT2D eigenvalue weighted by Crippen LogP contribution is -2.32. The quantitative estimate of drug-likeness (QED) is 0.868. The van der Waals surface area contributed by atoms with Gasteiger partial charge in [0.05, 0.1) is 0 Å². The number of hydrogen-bond donors (Lipinski definition) is 1. The Bertz CT molecular complexity index is 765. The Labute approximate surface area is 147 Å². The Morgan fingerprint density at radius 3 is 2.80 bits per heavy atom. The predicted octanol–water partition coefficient (Wildman–Crippen LogP) is 1.04. The van der Waals surface area contributed by atoms with E-state index in [9.17, 15) is 9.59 Å². The van der Waals surface area contributed by atoms with Crippen molar-refractivity contribution < 1.29 is 4.79 Å². The first-order valence-electron chi connectivity index (χ1n) is 9.71. The van der Waals surface area contributed by atoms with Crippen LogP contribution in [-0.2, 0) is 13.0 Å². The Balaban J connectivity index is 1.30. The second-order valence-electron chi connectivity index (χ2n) is 8.76. The van der Waals surface area contributed by atoms with E-state index in [0.29, 0.717) is 12.5 Å². The van der Waals surface area contributed by atoms with E-state index in [1.54, 1.807) is 6.20 Å². The second kappa shape index (κ2) is 5.66. The van der Waals surface area contributed by atoms with Crippen LogP contribution in [0.5, 0.6) is 0 Å². The van der Waals surface area contributed by atoms with Crippen molar-refractivity contribution in [3.8, 4) is 0 Å². The number of carbonyl (C=O) groups is 1. The lowest BCUT2D eigenvalue weighted by Gasteiger charge is -2.22. The summed E-state index contributed by atoms with van der Waals surface area (Å²) in [7, 11) is 0. The molecular weight excluding hydrogens is 316 g/mol. The molecule has 0 aromatic carbocycles. The zero-order valence-electron chi connectivity index (χ0n) is 14.7. The Morgan fingerprint density at radius 1 is 1.24 bits per heavy atom. The molecule has 1 saturated heterocycles. The van der Waals surface area contributed by atoms with Gasteiger partial charge in [-0.2, -0.15) is 4.98 Å². The molecule has 2 aliphatic heterocycles. The molecule has 0 unspecified atom stereocenters. The third kappa shape index (κ3) is 3.12. The van der Waals surface area contributed by atoms with Crippen LogP contribution in [0.1, 0.15) is 48.3 Å². The SMILES string of the molecule is O=C(NCC1CC1)c1cn2c(nc1=O)C[C@@]1(CCN(CC3CC3)C1)C2. The van der Waals surface area contributed by atoms with Gasteiger partial charge in [-0.3, -0.25) is 9.59 Å². The largest absolute Gasteiger partial charge is 0.352 e. The van der Waals surface area contributed by atoms with Gasteiger partial charge in [0.2, 0.25) is 0 Å². The van der Waals surface area contributed by atoms with Gasteiger partial charge in [-0.1, -0.05) is 0 Å². The molecule has 25 heavy (non-hydrogen) atoms. The van der Waals surface area contributed by atoms with Crippen molar-refractivity contribution in [1.29, 1.82) is 0 Å². The molecule has 3 heterocycles. The van der Waals surface area contributed by atoms with Crippen molar-refractivity contribution in [2.45, 2.75) is 45.1 Å². The van der Waals surface area contributed by atoms with Crippen LogP contribution in [0.15, 0.2) is 11.0 Å². The number of hydrogen-bond acceptors (Lipinski definition) is 4. The van der Waals surface area contributed by atoms with Gasteiger partial charge in [0.25, 0.3) is 11.5 Å². The molecule has 2 aliphatic carbocycles. The lowest BCUT2D eigenvalue weighted by molar-refractivity contribution is 0.0949. The van der Waals surface area contributed by atoms with Crippen molar-refractivity contribution in [3.63, 3.8) is 0 Å². The van der Waals surface area contributed by atoms with E-state index in [2.05, 4.69) is 19.8 Å². The number of nitrogens with one attached hydrogen (secondary N) is 1. The molecule has 134 valence electrons. The van der Waals surface area contributed by atoms with Crippen molar-refractivity contribution in [2.24, 2.45) is 17.3 Å². The third-order valence-corrected chi connectivity index (χ3v) is 6.34. The summed E-state index contributed by atoms with van der Waals surface area (Å²) in [6, 6.07) is 0. The molecule has 2 saturated carbocycles. The summed E-state index contributed by atoms with van der Waals surface area (Å²) < 4.78 is 2.06. The molecule has 1 spiro atoms. The number of aromatic nitrogens is 2. The van der Waals surface area contributed by atoms with Gasteiger partial charge in [-0.15, -0.1) is 0 Å². The van der Waals surface area contributed by atoms with Crippen LogP contribution in [-0.4, -0.2) is 46.5 Å². The molecular formula is C19H26N4O2. The van der Waals surface area contributed by atoms with Crippen molar-refractivity contribution in [3.05, 3.63) is 27.9 Å². The monoisotopic (exact) mass is 342 g/mol. The molecule has 5 rings (SSSR count). The van der Waals surface area contributed by atoms with Crippen LogP contribution in [0.4, 0.5) is 0 Å². The maximum absolute atomic E-state index is 12.3. The van der Waals surface area contributed by atoms with Crippen LogP contribution in [0.25, 0.3) is 0 Å². The smallest absolute Gasteiger partial charge is 0.285 e. The number of rotatable bonds is 5. The fraction of sp³-hybridized carbons (Fsp3) is 0.737. The molecule has 3 fully saturated rings. The molecule has 6 nitrogen and oxygen atoms in total. The third-order valence-electron chi connectivity index (χ3n) is 6.34. The van der Waals surface area contributed by atoms with Gasteiger partial charge in [0.1, 0.15) is 11.4 Å². The van der Waals surface area contributed by atoms with Gasteiger partial charge < -0.3 is 14.8 Å². The maximum Gasteiger partial charge on any atom is 0.285 e. The Kier molecular flexibility index (Phi) is 3.52. The number of amides is 1. The van der Waals surface area contributed by atoms with E-state index in [0.717, 1.165) is 37.8 Å². The highest BCUT2D eigenvalue weighted by molar-refractivity contribution is 5.93. The normalized spacial score (nSPS) is 28.5. The van der Waals surface area contributed by atoms with Crippen LogP contribution < -0.4 is 10.9 Å². The van der Waals surface area contributed by atoms with Gasteiger partial charge in [-0.25, -0.2) is 0 Å². The fourth-order valence-corrected chi connectivity index (χ4v) is 4.49. The van der Waals surface area contributed by atoms with Gasteiger partial charge in [0.15, 0.2) is 0 Å². The van der Waals surface area contributed by atoms with Crippen LogP contribution >= 0.6 is 0 Å². The molecule has 0 radical (unpaired) electrons. The highest BCUT2D eigenvalue weighted by Crippen LogP contribution is 2.41. The van der Waals surface area contributed by atoms with E-state index in [1.807, 2.05) is 0 Å². The van der Waals surface area contributed by atoms with E-state index in [4.69, 9.17) is 0 Å². The van der Waals surface area contributed by atoms with E-state index in [1.165, 1.54) is 38.6 Å². The molecule has 1 atom stereocenters. The van der Waals surface area contributed by atoms with E-state index in [-0.39, 0.29) is 22.4 Å². The van der Waals surface area contributed by atoms with Crippen LogP contribution in [0.3, 0.4) is 0 Å². The number of nitrogens with zero attached hydrogens (tertiary/aromatic N) is 3. The van der Waals surface area contributed by atoms with Crippen LogP contribution in [0.2, 0.25) is 0 Å². The molecule has 1 aromatic heterocycles. The highest BCUT2D eigenvalue weighted by atomic mass is 16.2. The molecule has 6 heteroatoms.